The number of aryl methyl sites for hydroxylation is 1. The smallest absolute Gasteiger partial charge is 0.322 e. The van der Waals surface area contributed by atoms with Crippen LogP contribution in [-0.4, -0.2) is 34.2 Å². The zero-order valence-electron chi connectivity index (χ0n) is 13.3. The average Bonchev–Trinajstić information content (AvgIpc) is 3.18. The first-order valence-corrected chi connectivity index (χ1v) is 7.77. The summed E-state index contributed by atoms with van der Waals surface area (Å²) < 4.78 is 10.6. The Balaban J connectivity index is 1.75. The van der Waals surface area contributed by atoms with E-state index in [1.807, 2.05) is 19.9 Å². The molecule has 2 aromatic rings. The topological polar surface area (TPSA) is 80.5 Å². The van der Waals surface area contributed by atoms with Crippen LogP contribution < -0.4 is 10.1 Å². The molecule has 2 aromatic heterocycles. The molecule has 2 amide bonds. The highest BCUT2D eigenvalue weighted by molar-refractivity contribution is 5.91. The monoisotopic (exact) mass is 316 g/mol. The summed E-state index contributed by atoms with van der Waals surface area (Å²) in [5, 5.41) is 6.94. The normalized spacial score (nSPS) is 17.3. The molecule has 0 aliphatic carbocycles. The van der Waals surface area contributed by atoms with Gasteiger partial charge in [0.05, 0.1) is 12.6 Å². The molecular weight excluding hydrogens is 296 g/mol. The molecule has 7 heteroatoms. The molecule has 1 saturated heterocycles. The lowest BCUT2D eigenvalue weighted by molar-refractivity contribution is 0.204. The molecule has 3 rings (SSSR count). The van der Waals surface area contributed by atoms with Crippen molar-refractivity contribution in [1.29, 1.82) is 0 Å². The third-order valence-corrected chi connectivity index (χ3v) is 3.80. The highest BCUT2D eigenvalue weighted by Gasteiger charge is 2.32. The van der Waals surface area contributed by atoms with E-state index in [9.17, 15) is 4.79 Å². The van der Waals surface area contributed by atoms with E-state index >= 15 is 0 Å². The van der Waals surface area contributed by atoms with E-state index in [4.69, 9.17) is 9.26 Å². The van der Waals surface area contributed by atoms with Crippen molar-refractivity contribution in [2.45, 2.75) is 32.7 Å². The molecule has 122 valence electrons. The van der Waals surface area contributed by atoms with Gasteiger partial charge in [0.15, 0.2) is 0 Å². The predicted octanol–water partition coefficient (Wildman–Crippen LogP) is 3.15. The van der Waals surface area contributed by atoms with Gasteiger partial charge in [0.1, 0.15) is 17.1 Å². The van der Waals surface area contributed by atoms with E-state index in [2.05, 4.69) is 15.5 Å². The number of nitrogens with one attached hydrogen (secondary N) is 1. The molecule has 0 aromatic carbocycles. The molecule has 1 aliphatic heterocycles. The maximum absolute atomic E-state index is 12.6. The van der Waals surface area contributed by atoms with Gasteiger partial charge in [-0.3, -0.25) is 0 Å². The van der Waals surface area contributed by atoms with Crippen LogP contribution in [0.15, 0.2) is 28.9 Å². The summed E-state index contributed by atoms with van der Waals surface area (Å²) in [5.41, 5.74) is 1.37. The SMILES string of the molecule is CCOc1ncccc1NC(=O)N1CCC[C@H]1c1cc(C)on1. The van der Waals surface area contributed by atoms with Gasteiger partial charge in [0, 0.05) is 18.8 Å². The molecule has 0 radical (unpaired) electrons. The van der Waals surface area contributed by atoms with Crippen molar-refractivity contribution in [3.63, 3.8) is 0 Å². The van der Waals surface area contributed by atoms with E-state index in [0.29, 0.717) is 24.7 Å². The number of anilines is 1. The summed E-state index contributed by atoms with van der Waals surface area (Å²) in [5.74, 6) is 1.18. The highest BCUT2D eigenvalue weighted by Crippen LogP contribution is 2.32. The number of carbonyl (C=O) groups is 1. The average molecular weight is 316 g/mol. The van der Waals surface area contributed by atoms with E-state index in [1.165, 1.54) is 0 Å². The van der Waals surface area contributed by atoms with Crippen molar-refractivity contribution in [3.8, 4) is 5.88 Å². The van der Waals surface area contributed by atoms with Crippen LogP contribution in [0, 0.1) is 6.92 Å². The first-order chi connectivity index (χ1) is 11.2. The largest absolute Gasteiger partial charge is 0.476 e. The van der Waals surface area contributed by atoms with Gasteiger partial charge in [-0.1, -0.05) is 5.16 Å². The molecule has 3 heterocycles. The Kier molecular flexibility index (Phi) is 4.45. The second-order valence-electron chi connectivity index (χ2n) is 5.43. The Morgan fingerprint density at radius 2 is 2.43 bits per heavy atom. The lowest BCUT2D eigenvalue weighted by Gasteiger charge is -2.23. The number of urea groups is 1. The van der Waals surface area contributed by atoms with E-state index in [1.54, 1.807) is 23.2 Å². The van der Waals surface area contributed by atoms with E-state index in [-0.39, 0.29) is 12.1 Å². The predicted molar refractivity (Wildman–Crippen MR) is 84.3 cm³/mol. The Hall–Kier alpha value is -2.57. The maximum atomic E-state index is 12.6. The molecule has 23 heavy (non-hydrogen) atoms. The van der Waals surface area contributed by atoms with Gasteiger partial charge < -0.3 is 19.5 Å². The van der Waals surface area contributed by atoms with Crippen molar-refractivity contribution in [1.82, 2.24) is 15.0 Å². The van der Waals surface area contributed by atoms with Crippen LogP contribution in [0.1, 0.15) is 37.3 Å². The number of rotatable bonds is 4. The number of amides is 2. The fraction of sp³-hybridized carbons (Fsp3) is 0.438. The van der Waals surface area contributed by atoms with Gasteiger partial charge in [0.25, 0.3) is 0 Å². The summed E-state index contributed by atoms with van der Waals surface area (Å²) in [6, 6.07) is 5.19. The number of likely N-dealkylation sites (tertiary alicyclic amines) is 1. The zero-order valence-corrected chi connectivity index (χ0v) is 13.3. The molecule has 0 unspecified atom stereocenters. The number of nitrogens with zero attached hydrogens (tertiary/aromatic N) is 3. The number of carbonyl (C=O) groups excluding carboxylic acids is 1. The second kappa shape index (κ2) is 6.68. The van der Waals surface area contributed by atoms with Crippen LogP contribution in [0.25, 0.3) is 0 Å². The first kappa shape index (κ1) is 15.3. The highest BCUT2D eigenvalue weighted by atomic mass is 16.5. The first-order valence-electron chi connectivity index (χ1n) is 7.77. The van der Waals surface area contributed by atoms with Crippen LogP contribution >= 0.6 is 0 Å². The zero-order chi connectivity index (χ0) is 16.2. The Labute approximate surface area is 134 Å². The van der Waals surface area contributed by atoms with Crippen molar-refractivity contribution in [2.75, 3.05) is 18.5 Å². The van der Waals surface area contributed by atoms with E-state index < -0.39 is 0 Å². The molecule has 0 saturated carbocycles. The maximum Gasteiger partial charge on any atom is 0.322 e. The number of hydrogen-bond acceptors (Lipinski definition) is 5. The Bertz CT molecular complexity index is 685. The summed E-state index contributed by atoms with van der Waals surface area (Å²) in [7, 11) is 0. The second-order valence-corrected chi connectivity index (χ2v) is 5.43. The summed E-state index contributed by atoms with van der Waals surface area (Å²) in [4.78, 5) is 18.6. The fourth-order valence-corrected chi connectivity index (χ4v) is 2.78. The standard InChI is InChI=1S/C16H20N4O3/c1-3-22-15-12(6-4-8-17-15)18-16(21)20-9-5-7-14(20)13-10-11(2)23-19-13/h4,6,8,10,14H,3,5,7,9H2,1-2H3,(H,18,21)/t14-/m0/s1. The number of ether oxygens (including phenoxy) is 1. The summed E-state index contributed by atoms with van der Waals surface area (Å²) in [6.07, 6.45) is 3.46. The third kappa shape index (κ3) is 3.28. The Morgan fingerprint density at radius 3 is 3.17 bits per heavy atom. The van der Waals surface area contributed by atoms with Gasteiger partial charge in [0.2, 0.25) is 5.88 Å². The van der Waals surface area contributed by atoms with Crippen LogP contribution in [-0.2, 0) is 0 Å². The minimum Gasteiger partial charge on any atom is -0.476 e. The van der Waals surface area contributed by atoms with Gasteiger partial charge >= 0.3 is 6.03 Å². The molecule has 7 nitrogen and oxygen atoms in total. The summed E-state index contributed by atoms with van der Waals surface area (Å²) in [6.45, 7) is 4.90. The number of hydrogen-bond donors (Lipinski definition) is 1. The van der Waals surface area contributed by atoms with Crippen LogP contribution in [0.5, 0.6) is 5.88 Å². The number of pyridine rings is 1. The van der Waals surface area contributed by atoms with Crippen LogP contribution in [0.3, 0.4) is 0 Å². The molecular formula is C16H20N4O3. The van der Waals surface area contributed by atoms with Gasteiger partial charge in [-0.2, -0.15) is 0 Å². The van der Waals surface area contributed by atoms with E-state index in [0.717, 1.165) is 24.3 Å². The quantitative estimate of drug-likeness (QED) is 0.937. The molecule has 1 aliphatic rings. The summed E-state index contributed by atoms with van der Waals surface area (Å²) >= 11 is 0. The molecule has 1 N–H and O–H groups in total. The lowest BCUT2D eigenvalue weighted by Crippen LogP contribution is -2.34. The van der Waals surface area contributed by atoms with Gasteiger partial charge in [-0.05, 0) is 38.8 Å². The lowest BCUT2D eigenvalue weighted by atomic mass is 10.1. The van der Waals surface area contributed by atoms with Crippen molar-refractivity contribution in [2.24, 2.45) is 0 Å². The van der Waals surface area contributed by atoms with Crippen LogP contribution in [0.4, 0.5) is 10.5 Å². The van der Waals surface area contributed by atoms with Crippen molar-refractivity contribution in [3.05, 3.63) is 35.9 Å². The van der Waals surface area contributed by atoms with Gasteiger partial charge in [-0.25, -0.2) is 9.78 Å². The Morgan fingerprint density at radius 1 is 1.57 bits per heavy atom. The molecule has 1 atom stereocenters. The van der Waals surface area contributed by atoms with Crippen LogP contribution in [0.2, 0.25) is 0 Å². The molecule has 0 spiro atoms. The minimum absolute atomic E-state index is 0.0559. The third-order valence-electron chi connectivity index (χ3n) is 3.80. The molecule has 0 bridgehead atoms. The van der Waals surface area contributed by atoms with Crippen molar-refractivity contribution < 1.29 is 14.1 Å². The fourth-order valence-electron chi connectivity index (χ4n) is 2.78. The minimum atomic E-state index is -0.179. The molecule has 1 fully saturated rings. The van der Waals surface area contributed by atoms with Gasteiger partial charge in [-0.15, -0.1) is 0 Å². The van der Waals surface area contributed by atoms with Crippen molar-refractivity contribution >= 4 is 11.7 Å². The number of aromatic nitrogens is 2.